The van der Waals surface area contributed by atoms with E-state index in [9.17, 15) is 35.9 Å². The lowest BCUT2D eigenvalue weighted by Crippen LogP contribution is -2.40. The summed E-state index contributed by atoms with van der Waals surface area (Å²) >= 11 is 11.3. The van der Waals surface area contributed by atoms with Gasteiger partial charge in [-0.15, -0.1) is 0 Å². The third-order valence-electron chi connectivity index (χ3n) is 4.83. The number of halogens is 8. The third kappa shape index (κ3) is 8.32. The molecule has 3 rings (SSSR count). The van der Waals surface area contributed by atoms with Crippen molar-refractivity contribution < 1.29 is 40.7 Å². The van der Waals surface area contributed by atoms with Crippen LogP contribution in [0.2, 0.25) is 10.0 Å². The van der Waals surface area contributed by atoms with E-state index in [0.29, 0.717) is 22.9 Å². The predicted molar refractivity (Wildman–Crippen MR) is 124 cm³/mol. The van der Waals surface area contributed by atoms with E-state index in [2.05, 4.69) is 16.0 Å². The molecule has 1 aliphatic rings. The Hall–Kier alpha value is -3.38. The molecule has 0 radical (unpaired) electrons. The second kappa shape index (κ2) is 11.3. The van der Waals surface area contributed by atoms with Gasteiger partial charge in [-0.25, -0.2) is 4.79 Å². The lowest BCUT2D eigenvalue weighted by molar-refractivity contribution is -0.137. The zero-order valence-electron chi connectivity index (χ0n) is 18.4. The first-order valence-corrected chi connectivity index (χ1v) is 11.1. The molecule has 0 aromatic heterocycles. The number of carbonyl (C=O) groups is 2. The van der Waals surface area contributed by atoms with Crippen LogP contribution in [0.5, 0.6) is 5.75 Å². The van der Waals surface area contributed by atoms with E-state index in [0.717, 1.165) is 18.2 Å². The van der Waals surface area contributed by atoms with Crippen LogP contribution in [0.15, 0.2) is 65.9 Å². The summed E-state index contributed by atoms with van der Waals surface area (Å²) in [6, 6.07) is 6.36. The van der Waals surface area contributed by atoms with Crippen LogP contribution in [-0.4, -0.2) is 30.8 Å². The minimum Gasteiger partial charge on any atom is -0.484 e. The summed E-state index contributed by atoms with van der Waals surface area (Å²) in [5.41, 5.74) is -2.87. The summed E-state index contributed by atoms with van der Waals surface area (Å²) in [5.74, 6) is -0.422. The molecule has 14 heteroatoms. The van der Waals surface area contributed by atoms with Crippen LogP contribution >= 0.6 is 23.2 Å². The van der Waals surface area contributed by atoms with Crippen molar-refractivity contribution in [2.45, 2.75) is 24.8 Å². The van der Waals surface area contributed by atoms with Gasteiger partial charge >= 0.3 is 18.4 Å². The topological polar surface area (TPSA) is 79.5 Å². The van der Waals surface area contributed by atoms with Gasteiger partial charge < -0.3 is 20.7 Å². The van der Waals surface area contributed by atoms with Gasteiger partial charge in [0, 0.05) is 28.4 Å². The third-order valence-corrected chi connectivity index (χ3v) is 5.41. The van der Waals surface area contributed by atoms with Crippen LogP contribution in [0, 0.1) is 0 Å². The molecule has 0 fully saturated rings. The normalized spacial score (nSPS) is 15.8. The molecule has 3 amide bonds. The van der Waals surface area contributed by atoms with Gasteiger partial charge in [0.15, 0.2) is 6.61 Å². The molecule has 0 spiro atoms. The van der Waals surface area contributed by atoms with Crippen LogP contribution in [0.4, 0.5) is 36.8 Å². The van der Waals surface area contributed by atoms with E-state index < -0.39 is 59.5 Å². The fraction of sp³-hybridized carbons (Fsp3) is 0.217. The molecule has 198 valence electrons. The van der Waals surface area contributed by atoms with Crippen molar-refractivity contribution in [2.24, 2.45) is 0 Å². The van der Waals surface area contributed by atoms with Crippen molar-refractivity contribution in [3.8, 4) is 5.75 Å². The molecule has 1 atom stereocenters. The molecule has 0 bridgehead atoms. The molecular formula is C23H17Cl2F6N3O3. The van der Waals surface area contributed by atoms with Crippen molar-refractivity contribution in [2.75, 3.05) is 11.9 Å². The first-order valence-electron chi connectivity index (χ1n) is 10.3. The second-order valence-corrected chi connectivity index (χ2v) is 8.53. The Kier molecular flexibility index (Phi) is 8.64. The van der Waals surface area contributed by atoms with Crippen molar-refractivity contribution in [1.82, 2.24) is 10.6 Å². The summed E-state index contributed by atoms with van der Waals surface area (Å²) in [5, 5.41) is 6.45. The van der Waals surface area contributed by atoms with E-state index in [4.69, 9.17) is 27.9 Å². The van der Waals surface area contributed by atoms with E-state index in [1.807, 2.05) is 0 Å². The van der Waals surface area contributed by atoms with Crippen molar-refractivity contribution in [1.29, 1.82) is 0 Å². The fourth-order valence-corrected chi connectivity index (χ4v) is 3.57. The molecule has 1 unspecified atom stereocenters. The van der Waals surface area contributed by atoms with Gasteiger partial charge in [0.05, 0.1) is 16.6 Å². The van der Waals surface area contributed by atoms with Crippen LogP contribution in [0.25, 0.3) is 0 Å². The number of benzene rings is 2. The zero-order valence-corrected chi connectivity index (χ0v) is 19.9. The highest BCUT2D eigenvalue weighted by molar-refractivity contribution is 6.31. The number of alkyl halides is 6. The number of allylic oxidation sites excluding steroid dienone is 1. The zero-order chi connectivity index (χ0) is 27.4. The maximum absolute atomic E-state index is 13.4. The van der Waals surface area contributed by atoms with Gasteiger partial charge in [-0.3, -0.25) is 4.79 Å². The number of amides is 3. The standard InChI is InChI=1S/C23H17Cl2F6N3O3/c24-13-1-4-17(5-2-13)37-11-20(35)32-15-7-12(22(26,27)28)8-16(9-15)34-21(36)33-14-3-6-19(25)18(10-14)23(29,30)31/h1-6,8-10,15H,7,11H2,(H,32,35)(H2,33,34,36). The van der Waals surface area contributed by atoms with E-state index in [-0.39, 0.29) is 11.4 Å². The number of hydrogen-bond acceptors (Lipinski definition) is 3. The average molecular weight is 568 g/mol. The van der Waals surface area contributed by atoms with Crippen LogP contribution in [0.1, 0.15) is 12.0 Å². The largest absolute Gasteiger partial charge is 0.484 e. The minimum atomic E-state index is -4.79. The first-order chi connectivity index (χ1) is 17.2. The summed E-state index contributed by atoms with van der Waals surface area (Å²) in [7, 11) is 0. The van der Waals surface area contributed by atoms with Crippen molar-refractivity contribution >= 4 is 40.8 Å². The van der Waals surface area contributed by atoms with Gasteiger partial charge in [0.1, 0.15) is 5.75 Å². The Balaban J connectivity index is 1.68. The molecule has 1 aliphatic carbocycles. The molecular weight excluding hydrogens is 551 g/mol. The quantitative estimate of drug-likeness (QED) is 0.350. The van der Waals surface area contributed by atoms with Crippen molar-refractivity contribution in [3.05, 3.63) is 81.5 Å². The van der Waals surface area contributed by atoms with Crippen LogP contribution in [0.3, 0.4) is 0 Å². The number of rotatable bonds is 6. The average Bonchev–Trinajstić information content (AvgIpc) is 2.78. The summed E-state index contributed by atoms with van der Waals surface area (Å²) in [6.07, 6.45) is -8.34. The SMILES string of the molecule is O=C(COc1ccc(Cl)cc1)NC1C=C(NC(=O)Nc2ccc(Cl)c(C(F)(F)F)c2)C=C(C(F)(F)F)C1. The van der Waals surface area contributed by atoms with Gasteiger partial charge in [0.25, 0.3) is 5.91 Å². The molecule has 3 N–H and O–H groups in total. The maximum atomic E-state index is 13.4. The molecule has 0 saturated heterocycles. The van der Waals surface area contributed by atoms with Crippen molar-refractivity contribution in [3.63, 3.8) is 0 Å². The van der Waals surface area contributed by atoms with Gasteiger partial charge in [0.2, 0.25) is 0 Å². The van der Waals surface area contributed by atoms with E-state index >= 15 is 0 Å². The van der Waals surface area contributed by atoms with Gasteiger partial charge in [-0.05, 0) is 54.6 Å². The minimum absolute atomic E-state index is 0.296. The molecule has 37 heavy (non-hydrogen) atoms. The number of carbonyl (C=O) groups excluding carboxylic acids is 2. The smallest absolute Gasteiger partial charge is 0.417 e. The lowest BCUT2D eigenvalue weighted by Gasteiger charge is -2.24. The molecule has 0 aliphatic heterocycles. The fourth-order valence-electron chi connectivity index (χ4n) is 3.22. The van der Waals surface area contributed by atoms with E-state index in [1.54, 1.807) is 0 Å². The highest BCUT2D eigenvalue weighted by Gasteiger charge is 2.37. The van der Waals surface area contributed by atoms with Gasteiger partial charge in [-0.2, -0.15) is 26.3 Å². The molecule has 0 heterocycles. The van der Waals surface area contributed by atoms with Crippen LogP contribution < -0.4 is 20.7 Å². The van der Waals surface area contributed by atoms with Crippen LogP contribution in [-0.2, 0) is 11.0 Å². The lowest BCUT2D eigenvalue weighted by atomic mass is 9.98. The Morgan fingerprint density at radius 1 is 0.946 bits per heavy atom. The molecule has 0 saturated carbocycles. The first kappa shape index (κ1) is 28.2. The Bertz CT molecular complexity index is 1230. The highest BCUT2D eigenvalue weighted by Crippen LogP contribution is 2.36. The number of anilines is 1. The Morgan fingerprint density at radius 3 is 2.24 bits per heavy atom. The van der Waals surface area contributed by atoms with E-state index in [1.165, 1.54) is 24.3 Å². The predicted octanol–water partition coefficient (Wildman–Crippen LogP) is 6.47. The monoisotopic (exact) mass is 567 g/mol. The number of urea groups is 1. The summed E-state index contributed by atoms with van der Waals surface area (Å²) < 4.78 is 84.6. The molecule has 6 nitrogen and oxygen atoms in total. The summed E-state index contributed by atoms with van der Waals surface area (Å²) in [6.45, 7) is -0.502. The number of hydrogen-bond donors (Lipinski definition) is 3. The maximum Gasteiger partial charge on any atom is 0.417 e. The molecule has 2 aromatic carbocycles. The second-order valence-electron chi connectivity index (χ2n) is 7.68. The molecule has 2 aromatic rings. The Labute approximate surface area is 216 Å². The highest BCUT2D eigenvalue weighted by atomic mass is 35.5. The summed E-state index contributed by atoms with van der Waals surface area (Å²) in [4.78, 5) is 24.5. The number of ether oxygens (including phenoxy) is 1. The Morgan fingerprint density at radius 2 is 1.62 bits per heavy atom. The van der Waals surface area contributed by atoms with Gasteiger partial charge in [-0.1, -0.05) is 23.2 Å². The number of nitrogens with one attached hydrogen (secondary N) is 3.